The summed E-state index contributed by atoms with van der Waals surface area (Å²) < 4.78 is 28.6. The van der Waals surface area contributed by atoms with Gasteiger partial charge in [0.2, 0.25) is 0 Å². The highest BCUT2D eigenvalue weighted by Crippen LogP contribution is 2.39. The Labute approximate surface area is 160 Å². The van der Waals surface area contributed by atoms with Crippen molar-refractivity contribution in [2.45, 2.75) is 51.4 Å². The van der Waals surface area contributed by atoms with Crippen LogP contribution in [0.3, 0.4) is 0 Å². The molecule has 3 aromatic carbocycles. The van der Waals surface area contributed by atoms with Gasteiger partial charge < -0.3 is 0 Å². The Morgan fingerprint density at radius 1 is 0.889 bits per heavy atom. The SMILES string of the molecule is CCC[C@H]1CC[C@H](c2ccc3c(F)c(-c4cccc(F)c4)ccc3c2)CC1. The number of halogens is 2. The summed E-state index contributed by atoms with van der Waals surface area (Å²) in [5.74, 6) is 0.865. The van der Waals surface area contributed by atoms with Crippen LogP contribution in [0, 0.1) is 17.6 Å². The number of rotatable bonds is 4. The molecule has 0 bridgehead atoms. The summed E-state index contributed by atoms with van der Waals surface area (Å²) in [6.07, 6.45) is 7.71. The van der Waals surface area contributed by atoms with Gasteiger partial charge in [-0.2, -0.15) is 0 Å². The second-order valence-corrected chi connectivity index (χ2v) is 7.92. The van der Waals surface area contributed by atoms with E-state index in [1.807, 2.05) is 12.1 Å². The molecule has 0 spiro atoms. The highest BCUT2D eigenvalue weighted by Gasteiger charge is 2.22. The summed E-state index contributed by atoms with van der Waals surface area (Å²) in [6, 6.07) is 16.0. The second-order valence-electron chi connectivity index (χ2n) is 7.92. The van der Waals surface area contributed by atoms with Crippen LogP contribution in [0.4, 0.5) is 8.78 Å². The number of hydrogen-bond acceptors (Lipinski definition) is 0. The van der Waals surface area contributed by atoms with Gasteiger partial charge >= 0.3 is 0 Å². The first kappa shape index (κ1) is 18.2. The molecule has 0 aromatic heterocycles. The van der Waals surface area contributed by atoms with Crippen molar-refractivity contribution in [1.82, 2.24) is 0 Å². The highest BCUT2D eigenvalue weighted by molar-refractivity contribution is 5.88. The van der Waals surface area contributed by atoms with Gasteiger partial charge in [0.05, 0.1) is 0 Å². The third-order valence-corrected chi connectivity index (χ3v) is 6.13. The summed E-state index contributed by atoms with van der Waals surface area (Å²) in [6.45, 7) is 2.27. The molecule has 0 amide bonds. The molecule has 4 rings (SSSR count). The van der Waals surface area contributed by atoms with Gasteiger partial charge in [0.1, 0.15) is 11.6 Å². The molecular weight excluding hydrogens is 338 g/mol. The van der Waals surface area contributed by atoms with E-state index < -0.39 is 0 Å². The molecule has 27 heavy (non-hydrogen) atoms. The lowest BCUT2D eigenvalue weighted by Crippen LogP contribution is -2.13. The Bertz CT molecular complexity index is 936. The maximum absolute atomic E-state index is 15.1. The Kier molecular flexibility index (Phi) is 5.24. The van der Waals surface area contributed by atoms with Crippen LogP contribution in [-0.2, 0) is 0 Å². The molecule has 0 atom stereocenters. The maximum atomic E-state index is 15.1. The van der Waals surface area contributed by atoms with E-state index in [2.05, 4.69) is 19.1 Å². The number of benzene rings is 3. The number of fused-ring (bicyclic) bond motifs is 1. The largest absolute Gasteiger partial charge is 0.207 e. The summed E-state index contributed by atoms with van der Waals surface area (Å²) in [7, 11) is 0. The minimum absolute atomic E-state index is 0.267. The molecule has 0 heterocycles. The fourth-order valence-electron chi connectivity index (χ4n) is 4.64. The van der Waals surface area contributed by atoms with Gasteiger partial charge in [-0.05, 0) is 66.2 Å². The lowest BCUT2D eigenvalue weighted by Gasteiger charge is -2.28. The first-order valence-electron chi connectivity index (χ1n) is 10.1. The van der Waals surface area contributed by atoms with Crippen LogP contribution < -0.4 is 0 Å². The molecule has 0 radical (unpaired) electrons. The first-order valence-corrected chi connectivity index (χ1v) is 10.1. The average Bonchev–Trinajstić information content (AvgIpc) is 2.69. The van der Waals surface area contributed by atoms with E-state index in [9.17, 15) is 4.39 Å². The summed E-state index contributed by atoms with van der Waals surface area (Å²) in [5.41, 5.74) is 2.36. The van der Waals surface area contributed by atoms with Crippen LogP contribution in [0.15, 0.2) is 54.6 Å². The van der Waals surface area contributed by atoms with Crippen LogP contribution in [0.25, 0.3) is 21.9 Å². The molecule has 1 saturated carbocycles. The Hall–Kier alpha value is -2.22. The van der Waals surface area contributed by atoms with Crippen molar-refractivity contribution in [2.24, 2.45) is 5.92 Å². The molecule has 140 valence electrons. The van der Waals surface area contributed by atoms with Crippen molar-refractivity contribution in [1.29, 1.82) is 0 Å². The molecular formula is C25H26F2. The van der Waals surface area contributed by atoms with Crippen LogP contribution in [0.2, 0.25) is 0 Å². The monoisotopic (exact) mass is 364 g/mol. The normalized spacial score (nSPS) is 20.1. The van der Waals surface area contributed by atoms with Crippen molar-refractivity contribution in [3.63, 3.8) is 0 Å². The van der Waals surface area contributed by atoms with Gasteiger partial charge in [-0.1, -0.05) is 62.2 Å². The molecule has 0 saturated heterocycles. The fraction of sp³-hybridized carbons (Fsp3) is 0.360. The molecule has 0 unspecified atom stereocenters. The van der Waals surface area contributed by atoms with Gasteiger partial charge in [-0.25, -0.2) is 8.78 Å². The molecule has 1 aliphatic carbocycles. The van der Waals surface area contributed by atoms with Crippen LogP contribution in [-0.4, -0.2) is 0 Å². The predicted molar refractivity (Wildman–Crippen MR) is 109 cm³/mol. The van der Waals surface area contributed by atoms with Crippen LogP contribution in [0.1, 0.15) is 56.9 Å². The Balaban J connectivity index is 1.62. The van der Waals surface area contributed by atoms with E-state index in [0.717, 1.165) is 11.3 Å². The smallest absolute Gasteiger partial charge is 0.138 e. The zero-order valence-corrected chi connectivity index (χ0v) is 15.8. The molecule has 3 aromatic rings. The van der Waals surface area contributed by atoms with E-state index in [1.54, 1.807) is 18.2 Å². The number of hydrogen-bond donors (Lipinski definition) is 0. The van der Waals surface area contributed by atoms with Gasteiger partial charge in [0, 0.05) is 10.9 Å². The predicted octanol–water partition coefficient (Wildman–Crippen LogP) is 7.86. The Morgan fingerprint density at radius 3 is 2.44 bits per heavy atom. The lowest BCUT2D eigenvalue weighted by molar-refractivity contribution is 0.308. The molecule has 1 aliphatic rings. The first-order chi connectivity index (χ1) is 13.2. The minimum Gasteiger partial charge on any atom is -0.207 e. The molecule has 0 N–H and O–H groups in total. The lowest BCUT2D eigenvalue weighted by atomic mass is 9.77. The molecule has 0 nitrogen and oxygen atoms in total. The summed E-state index contributed by atoms with van der Waals surface area (Å²) >= 11 is 0. The van der Waals surface area contributed by atoms with E-state index in [-0.39, 0.29) is 11.6 Å². The van der Waals surface area contributed by atoms with Gasteiger partial charge in [-0.15, -0.1) is 0 Å². The average molecular weight is 364 g/mol. The van der Waals surface area contributed by atoms with E-state index >= 15 is 4.39 Å². The maximum Gasteiger partial charge on any atom is 0.138 e. The quantitative estimate of drug-likeness (QED) is 0.442. The molecule has 0 aliphatic heterocycles. The second kappa shape index (κ2) is 7.80. The van der Waals surface area contributed by atoms with Gasteiger partial charge in [0.25, 0.3) is 0 Å². The summed E-state index contributed by atoms with van der Waals surface area (Å²) in [5, 5.41) is 1.54. The minimum atomic E-state index is -0.346. The van der Waals surface area contributed by atoms with Crippen molar-refractivity contribution < 1.29 is 8.78 Å². The fourth-order valence-corrected chi connectivity index (χ4v) is 4.64. The van der Waals surface area contributed by atoms with Crippen molar-refractivity contribution in [3.05, 3.63) is 71.8 Å². The van der Waals surface area contributed by atoms with Crippen molar-refractivity contribution in [3.8, 4) is 11.1 Å². The third kappa shape index (κ3) is 3.76. The molecule has 2 heteroatoms. The summed E-state index contributed by atoms with van der Waals surface area (Å²) in [4.78, 5) is 0. The van der Waals surface area contributed by atoms with E-state index in [0.29, 0.717) is 22.4 Å². The van der Waals surface area contributed by atoms with Gasteiger partial charge in [0.15, 0.2) is 0 Å². The van der Waals surface area contributed by atoms with Crippen LogP contribution >= 0.6 is 0 Å². The van der Waals surface area contributed by atoms with E-state index in [1.165, 1.54) is 56.2 Å². The van der Waals surface area contributed by atoms with Crippen molar-refractivity contribution >= 4 is 10.8 Å². The standard InChI is InChI=1S/C25H26F2/c1-2-4-17-7-9-18(10-8-17)19-11-13-24-21(15-19)12-14-23(25(24)27)20-5-3-6-22(26)16-20/h3,5-6,11-18H,2,4,7-10H2,1H3/t17-,18-. The highest BCUT2D eigenvalue weighted by atomic mass is 19.1. The third-order valence-electron chi connectivity index (χ3n) is 6.13. The topological polar surface area (TPSA) is 0 Å². The molecule has 1 fully saturated rings. The van der Waals surface area contributed by atoms with E-state index in [4.69, 9.17) is 0 Å². The van der Waals surface area contributed by atoms with Crippen LogP contribution in [0.5, 0.6) is 0 Å². The Morgan fingerprint density at radius 2 is 1.70 bits per heavy atom. The zero-order chi connectivity index (χ0) is 18.8. The zero-order valence-electron chi connectivity index (χ0n) is 15.8. The van der Waals surface area contributed by atoms with Crippen molar-refractivity contribution in [2.75, 3.05) is 0 Å². The van der Waals surface area contributed by atoms with Gasteiger partial charge in [-0.3, -0.25) is 0 Å².